The first-order valence-corrected chi connectivity index (χ1v) is 12.8. The van der Waals surface area contributed by atoms with E-state index in [2.05, 4.69) is 35.7 Å². The first-order valence-electron chi connectivity index (χ1n) is 12.0. The Morgan fingerprint density at radius 1 is 1.12 bits per heavy atom. The summed E-state index contributed by atoms with van der Waals surface area (Å²) in [4.78, 5) is 31.1. The van der Waals surface area contributed by atoms with E-state index < -0.39 is 0 Å². The van der Waals surface area contributed by atoms with Crippen molar-refractivity contribution >= 4 is 39.8 Å². The Labute approximate surface area is 201 Å². The van der Waals surface area contributed by atoms with Gasteiger partial charge in [0.2, 0.25) is 11.9 Å². The summed E-state index contributed by atoms with van der Waals surface area (Å²) in [7, 11) is 0. The van der Waals surface area contributed by atoms with Gasteiger partial charge in [-0.1, -0.05) is 0 Å². The van der Waals surface area contributed by atoms with Gasteiger partial charge in [-0.2, -0.15) is 0 Å². The Morgan fingerprint density at radius 2 is 1.94 bits per heavy atom. The van der Waals surface area contributed by atoms with Crippen LogP contribution in [0.15, 0.2) is 30.9 Å². The van der Waals surface area contributed by atoms with E-state index in [9.17, 15) is 9.59 Å². The topological polar surface area (TPSA) is 114 Å². The highest BCUT2D eigenvalue weighted by Crippen LogP contribution is 2.42. The van der Waals surface area contributed by atoms with Crippen LogP contribution in [0.4, 0.5) is 16.6 Å². The number of hydrogen-bond donors (Lipinski definition) is 3. The molecule has 0 unspecified atom stereocenters. The van der Waals surface area contributed by atoms with Crippen molar-refractivity contribution in [1.82, 2.24) is 25.1 Å². The molecule has 0 saturated heterocycles. The third-order valence-electron chi connectivity index (χ3n) is 6.80. The molecule has 2 saturated carbocycles. The molecule has 0 bridgehead atoms. The molecule has 2 amide bonds. The summed E-state index contributed by atoms with van der Waals surface area (Å²) in [5.74, 6) is 1.31. The van der Waals surface area contributed by atoms with Crippen molar-refractivity contribution in [3.63, 3.8) is 0 Å². The van der Waals surface area contributed by atoms with Gasteiger partial charge in [0.1, 0.15) is 11.3 Å². The number of anilines is 3. The minimum Gasteiger partial charge on any atom is -0.352 e. The normalized spacial score (nSPS) is 19.4. The monoisotopic (exact) mass is 477 g/mol. The van der Waals surface area contributed by atoms with E-state index in [1.54, 1.807) is 30.1 Å². The molecule has 3 aliphatic rings. The molecule has 34 heavy (non-hydrogen) atoms. The Balaban J connectivity index is 1.27. The summed E-state index contributed by atoms with van der Waals surface area (Å²) in [6, 6.07) is 3.88. The van der Waals surface area contributed by atoms with Crippen LogP contribution in [0, 0.1) is 11.8 Å². The maximum Gasteiger partial charge on any atom is 0.254 e. The SMILES string of the molecule is O=C(NCC1CC1)c1c(NC(=O)C2CC2)sc2c1C[C@@H](n1cnnc1Nc1ccncc1)CC2. The number of thiophene rings is 1. The Morgan fingerprint density at radius 3 is 2.71 bits per heavy atom. The van der Waals surface area contributed by atoms with Crippen LogP contribution < -0.4 is 16.0 Å². The van der Waals surface area contributed by atoms with Crippen LogP contribution in [0.25, 0.3) is 0 Å². The third-order valence-corrected chi connectivity index (χ3v) is 8.01. The molecule has 0 spiro atoms. The molecular weight excluding hydrogens is 450 g/mol. The molecule has 9 nitrogen and oxygen atoms in total. The fraction of sp³-hybridized carbons (Fsp3) is 0.458. The molecule has 1 atom stereocenters. The number of nitrogens with one attached hydrogen (secondary N) is 3. The highest BCUT2D eigenvalue weighted by atomic mass is 32.1. The largest absolute Gasteiger partial charge is 0.352 e. The minimum absolute atomic E-state index is 0.0361. The van der Waals surface area contributed by atoms with Crippen molar-refractivity contribution in [1.29, 1.82) is 0 Å². The number of aryl methyl sites for hydroxylation is 1. The lowest BCUT2D eigenvalue weighted by atomic mass is 9.91. The van der Waals surface area contributed by atoms with Crippen LogP contribution >= 0.6 is 11.3 Å². The molecule has 3 aromatic rings. The van der Waals surface area contributed by atoms with E-state index in [1.165, 1.54) is 17.7 Å². The summed E-state index contributed by atoms with van der Waals surface area (Å²) in [5, 5.41) is 18.6. The molecule has 176 valence electrons. The van der Waals surface area contributed by atoms with E-state index in [4.69, 9.17) is 0 Å². The second kappa shape index (κ2) is 8.83. The molecule has 2 fully saturated rings. The van der Waals surface area contributed by atoms with Crippen molar-refractivity contribution in [2.75, 3.05) is 17.2 Å². The lowest BCUT2D eigenvalue weighted by Gasteiger charge is -2.25. The second-order valence-corrected chi connectivity index (χ2v) is 10.5. The van der Waals surface area contributed by atoms with Crippen molar-refractivity contribution in [3.05, 3.63) is 46.9 Å². The molecule has 3 aromatic heterocycles. The maximum absolute atomic E-state index is 13.3. The van der Waals surface area contributed by atoms with Gasteiger partial charge < -0.3 is 16.0 Å². The predicted molar refractivity (Wildman–Crippen MR) is 129 cm³/mol. The molecule has 10 heteroatoms. The van der Waals surface area contributed by atoms with E-state index in [0.717, 1.165) is 36.9 Å². The van der Waals surface area contributed by atoms with Gasteiger partial charge in [-0.15, -0.1) is 21.5 Å². The summed E-state index contributed by atoms with van der Waals surface area (Å²) in [5.41, 5.74) is 2.58. The van der Waals surface area contributed by atoms with Gasteiger partial charge in [0, 0.05) is 41.5 Å². The number of rotatable bonds is 8. The Bertz CT molecular complexity index is 1210. The van der Waals surface area contributed by atoms with E-state index in [0.29, 0.717) is 35.4 Å². The molecule has 3 aliphatic carbocycles. The zero-order valence-electron chi connectivity index (χ0n) is 18.8. The summed E-state index contributed by atoms with van der Waals surface area (Å²) in [6.45, 7) is 0.703. The molecule has 3 heterocycles. The van der Waals surface area contributed by atoms with E-state index >= 15 is 0 Å². The number of fused-ring (bicyclic) bond motifs is 1. The summed E-state index contributed by atoms with van der Waals surface area (Å²) in [6.07, 6.45) is 11.9. The van der Waals surface area contributed by atoms with Crippen LogP contribution in [0.2, 0.25) is 0 Å². The van der Waals surface area contributed by atoms with Crippen LogP contribution in [0.5, 0.6) is 0 Å². The first kappa shape index (κ1) is 21.3. The predicted octanol–water partition coefficient (Wildman–Crippen LogP) is 3.70. The number of carbonyl (C=O) groups is 2. The number of aromatic nitrogens is 4. The maximum atomic E-state index is 13.3. The average Bonchev–Trinajstić information content (AvgIpc) is 3.77. The number of nitrogens with zero attached hydrogens (tertiary/aromatic N) is 4. The van der Waals surface area contributed by atoms with Crippen molar-refractivity contribution in [2.24, 2.45) is 11.8 Å². The van der Waals surface area contributed by atoms with Crippen LogP contribution in [-0.4, -0.2) is 38.1 Å². The molecule has 0 aliphatic heterocycles. The quantitative estimate of drug-likeness (QED) is 0.456. The van der Waals surface area contributed by atoms with Gasteiger partial charge >= 0.3 is 0 Å². The van der Waals surface area contributed by atoms with Crippen LogP contribution in [0.1, 0.15) is 58.9 Å². The average molecular weight is 478 g/mol. The van der Waals surface area contributed by atoms with Crippen LogP contribution in [-0.2, 0) is 17.6 Å². The Hall–Kier alpha value is -3.27. The third kappa shape index (κ3) is 4.42. The number of amides is 2. The summed E-state index contributed by atoms with van der Waals surface area (Å²) >= 11 is 1.56. The lowest BCUT2D eigenvalue weighted by molar-refractivity contribution is -0.117. The highest BCUT2D eigenvalue weighted by Gasteiger charge is 2.35. The smallest absolute Gasteiger partial charge is 0.254 e. The fourth-order valence-corrected chi connectivity index (χ4v) is 5.75. The zero-order chi connectivity index (χ0) is 23.1. The lowest BCUT2D eigenvalue weighted by Crippen LogP contribution is -2.28. The standard InChI is InChI=1S/C24H27N7O2S/c32-21(15-3-4-15)29-23-20(22(33)26-12-14-1-2-14)18-11-17(5-6-19(18)34-23)31-13-27-30-24(31)28-16-7-9-25-10-8-16/h7-10,13-15,17H,1-6,11-12H2,(H,26,33)(H,29,32)(H,25,28,30)/t17-/m0/s1. The number of hydrogen-bond acceptors (Lipinski definition) is 7. The number of pyridine rings is 1. The van der Waals surface area contributed by atoms with Crippen molar-refractivity contribution < 1.29 is 9.59 Å². The van der Waals surface area contributed by atoms with Gasteiger partial charge in [0.25, 0.3) is 5.91 Å². The van der Waals surface area contributed by atoms with Gasteiger partial charge in [0.15, 0.2) is 0 Å². The Kier molecular flexibility index (Phi) is 5.52. The molecule has 0 radical (unpaired) electrons. The molecule has 6 rings (SSSR count). The van der Waals surface area contributed by atoms with Gasteiger partial charge in [-0.05, 0) is 68.6 Å². The number of carbonyl (C=O) groups excluding carboxylic acids is 2. The molecular formula is C24H27N7O2S. The van der Waals surface area contributed by atoms with Gasteiger partial charge in [-0.3, -0.25) is 19.1 Å². The fourth-order valence-electron chi connectivity index (χ4n) is 4.50. The van der Waals surface area contributed by atoms with Crippen molar-refractivity contribution in [3.8, 4) is 0 Å². The van der Waals surface area contributed by atoms with E-state index in [-0.39, 0.29) is 23.8 Å². The summed E-state index contributed by atoms with van der Waals surface area (Å²) < 4.78 is 2.05. The molecule has 0 aromatic carbocycles. The zero-order valence-corrected chi connectivity index (χ0v) is 19.6. The van der Waals surface area contributed by atoms with E-state index in [1.807, 2.05) is 12.1 Å². The second-order valence-electron chi connectivity index (χ2n) is 9.44. The van der Waals surface area contributed by atoms with Gasteiger partial charge in [0.05, 0.1) is 5.56 Å². The van der Waals surface area contributed by atoms with Gasteiger partial charge in [-0.25, -0.2) is 0 Å². The highest BCUT2D eigenvalue weighted by molar-refractivity contribution is 7.17. The van der Waals surface area contributed by atoms with Crippen LogP contribution in [0.3, 0.4) is 0 Å². The minimum atomic E-state index is -0.0740. The van der Waals surface area contributed by atoms with Crippen molar-refractivity contribution in [2.45, 2.75) is 51.0 Å². The first-order chi connectivity index (χ1) is 16.7. The molecule has 3 N–H and O–H groups in total.